The van der Waals surface area contributed by atoms with Gasteiger partial charge in [-0.1, -0.05) is 6.07 Å². The van der Waals surface area contributed by atoms with E-state index in [1.807, 2.05) is 0 Å². The van der Waals surface area contributed by atoms with Crippen LogP contribution in [0.4, 0.5) is 5.69 Å². The van der Waals surface area contributed by atoms with Gasteiger partial charge in [0.25, 0.3) is 5.69 Å². The SMILES string of the molecule is O=Cc1ccc(C(O)C(O)CC(=O)O)c([N+](=O)[O-])c1. The molecule has 0 aliphatic rings. The van der Waals surface area contributed by atoms with Crippen LogP contribution in [0.15, 0.2) is 18.2 Å². The van der Waals surface area contributed by atoms with Crippen LogP contribution in [0.25, 0.3) is 0 Å². The number of aliphatic hydroxyl groups is 2. The number of aldehydes is 1. The van der Waals surface area contributed by atoms with E-state index in [4.69, 9.17) is 5.11 Å². The summed E-state index contributed by atoms with van der Waals surface area (Å²) in [7, 11) is 0. The molecular weight excluding hydrogens is 258 g/mol. The molecule has 1 aromatic rings. The minimum Gasteiger partial charge on any atom is -0.481 e. The van der Waals surface area contributed by atoms with Gasteiger partial charge in [0.2, 0.25) is 0 Å². The first-order chi connectivity index (χ1) is 8.86. The normalized spacial score (nSPS) is 13.6. The van der Waals surface area contributed by atoms with Gasteiger partial charge in [-0.3, -0.25) is 19.7 Å². The number of carboxylic acids is 1. The van der Waals surface area contributed by atoms with E-state index in [1.165, 1.54) is 6.07 Å². The number of aliphatic hydroxyl groups excluding tert-OH is 2. The van der Waals surface area contributed by atoms with E-state index >= 15 is 0 Å². The lowest BCUT2D eigenvalue weighted by molar-refractivity contribution is -0.386. The minimum absolute atomic E-state index is 0.0374. The Morgan fingerprint density at radius 1 is 1.42 bits per heavy atom. The number of carbonyl (C=O) groups is 2. The van der Waals surface area contributed by atoms with Gasteiger partial charge in [0.15, 0.2) is 0 Å². The van der Waals surface area contributed by atoms with Crippen molar-refractivity contribution in [2.24, 2.45) is 0 Å². The minimum atomic E-state index is -1.72. The summed E-state index contributed by atoms with van der Waals surface area (Å²) in [5, 5.41) is 38.5. The fourth-order valence-electron chi connectivity index (χ4n) is 1.54. The van der Waals surface area contributed by atoms with Crippen molar-refractivity contribution >= 4 is 17.9 Å². The lowest BCUT2D eigenvalue weighted by Crippen LogP contribution is -2.22. The summed E-state index contributed by atoms with van der Waals surface area (Å²) in [5.74, 6) is -1.35. The van der Waals surface area contributed by atoms with Crippen molar-refractivity contribution in [3.8, 4) is 0 Å². The highest BCUT2D eigenvalue weighted by Gasteiger charge is 2.28. The maximum atomic E-state index is 10.8. The van der Waals surface area contributed by atoms with Gasteiger partial charge in [-0.2, -0.15) is 0 Å². The first-order valence-electron chi connectivity index (χ1n) is 5.18. The monoisotopic (exact) mass is 269 g/mol. The molecular formula is C11H11NO7. The number of nitro benzene ring substituents is 1. The lowest BCUT2D eigenvalue weighted by atomic mass is 9.99. The van der Waals surface area contributed by atoms with Crippen LogP contribution in [0, 0.1) is 10.1 Å². The van der Waals surface area contributed by atoms with E-state index in [0.717, 1.165) is 12.1 Å². The van der Waals surface area contributed by atoms with Crippen molar-refractivity contribution in [1.29, 1.82) is 0 Å². The molecule has 0 saturated carbocycles. The number of rotatable bonds is 6. The predicted molar refractivity (Wildman–Crippen MR) is 61.7 cm³/mol. The molecule has 8 nitrogen and oxygen atoms in total. The molecule has 0 aliphatic heterocycles. The molecule has 0 spiro atoms. The van der Waals surface area contributed by atoms with Gasteiger partial charge in [0.1, 0.15) is 12.4 Å². The van der Waals surface area contributed by atoms with E-state index in [-0.39, 0.29) is 11.1 Å². The number of aliphatic carboxylic acids is 1. The van der Waals surface area contributed by atoms with Crippen molar-refractivity contribution < 1.29 is 29.8 Å². The Morgan fingerprint density at radius 3 is 2.53 bits per heavy atom. The number of carboxylic acid groups (broad SMARTS) is 1. The Hall–Kier alpha value is -2.32. The molecule has 19 heavy (non-hydrogen) atoms. The highest BCUT2D eigenvalue weighted by Crippen LogP contribution is 2.29. The van der Waals surface area contributed by atoms with Crippen LogP contribution in [0.3, 0.4) is 0 Å². The third kappa shape index (κ3) is 3.57. The summed E-state index contributed by atoms with van der Waals surface area (Å²) in [5.41, 5.74) is -0.763. The van der Waals surface area contributed by atoms with E-state index in [9.17, 15) is 29.9 Å². The molecule has 0 bridgehead atoms. The zero-order valence-electron chi connectivity index (χ0n) is 9.59. The smallest absolute Gasteiger partial charge is 0.306 e. The second-order valence-corrected chi connectivity index (χ2v) is 3.80. The van der Waals surface area contributed by atoms with Gasteiger partial charge in [0, 0.05) is 11.6 Å². The molecule has 102 valence electrons. The van der Waals surface area contributed by atoms with Crippen LogP contribution in [0.5, 0.6) is 0 Å². The molecule has 0 fully saturated rings. The molecule has 3 N–H and O–H groups in total. The topological polar surface area (TPSA) is 138 Å². The van der Waals surface area contributed by atoms with Gasteiger partial charge in [-0.05, 0) is 6.07 Å². The number of hydrogen-bond acceptors (Lipinski definition) is 6. The molecule has 8 heteroatoms. The summed E-state index contributed by atoms with van der Waals surface area (Å²) < 4.78 is 0. The van der Waals surface area contributed by atoms with Crippen molar-refractivity contribution in [2.45, 2.75) is 18.6 Å². The number of benzene rings is 1. The summed E-state index contributed by atoms with van der Waals surface area (Å²) in [6.45, 7) is 0. The van der Waals surface area contributed by atoms with Gasteiger partial charge in [-0.25, -0.2) is 0 Å². The van der Waals surface area contributed by atoms with Crippen LogP contribution < -0.4 is 0 Å². The molecule has 0 aromatic heterocycles. The van der Waals surface area contributed by atoms with Crippen LogP contribution in [-0.4, -0.2) is 38.6 Å². The summed E-state index contributed by atoms with van der Waals surface area (Å²) in [6.07, 6.45) is -3.76. The summed E-state index contributed by atoms with van der Waals surface area (Å²) >= 11 is 0. The molecule has 0 heterocycles. The van der Waals surface area contributed by atoms with E-state index in [2.05, 4.69) is 0 Å². The Morgan fingerprint density at radius 2 is 2.05 bits per heavy atom. The number of carbonyl (C=O) groups excluding carboxylic acids is 1. The highest BCUT2D eigenvalue weighted by molar-refractivity contribution is 5.76. The lowest BCUT2D eigenvalue weighted by Gasteiger charge is -2.16. The van der Waals surface area contributed by atoms with E-state index in [0.29, 0.717) is 6.29 Å². The Balaban J connectivity index is 3.14. The number of nitrogens with zero attached hydrogens (tertiary/aromatic N) is 1. The fourth-order valence-corrected chi connectivity index (χ4v) is 1.54. The van der Waals surface area contributed by atoms with Crippen molar-refractivity contribution in [3.05, 3.63) is 39.4 Å². The second-order valence-electron chi connectivity index (χ2n) is 3.80. The predicted octanol–water partition coefficient (Wildman–Crippen LogP) is 0.276. The van der Waals surface area contributed by atoms with Crippen LogP contribution in [0.2, 0.25) is 0 Å². The van der Waals surface area contributed by atoms with Crippen LogP contribution >= 0.6 is 0 Å². The molecule has 1 rings (SSSR count). The first-order valence-corrected chi connectivity index (χ1v) is 5.18. The highest BCUT2D eigenvalue weighted by atomic mass is 16.6. The zero-order chi connectivity index (χ0) is 14.6. The molecule has 0 radical (unpaired) electrons. The average Bonchev–Trinajstić information content (AvgIpc) is 2.36. The van der Waals surface area contributed by atoms with Crippen LogP contribution in [-0.2, 0) is 4.79 Å². The van der Waals surface area contributed by atoms with Gasteiger partial charge in [-0.15, -0.1) is 0 Å². The average molecular weight is 269 g/mol. The Bertz CT molecular complexity index is 514. The maximum absolute atomic E-state index is 10.8. The summed E-state index contributed by atoms with van der Waals surface area (Å²) in [6, 6.07) is 3.28. The van der Waals surface area contributed by atoms with Gasteiger partial charge >= 0.3 is 5.97 Å². The van der Waals surface area contributed by atoms with E-state index in [1.54, 1.807) is 0 Å². The van der Waals surface area contributed by atoms with Crippen molar-refractivity contribution in [1.82, 2.24) is 0 Å². The first kappa shape index (κ1) is 14.7. The largest absolute Gasteiger partial charge is 0.481 e. The van der Waals surface area contributed by atoms with Gasteiger partial charge < -0.3 is 15.3 Å². The third-order valence-corrected chi connectivity index (χ3v) is 2.45. The zero-order valence-corrected chi connectivity index (χ0v) is 9.59. The maximum Gasteiger partial charge on any atom is 0.306 e. The molecule has 2 unspecified atom stereocenters. The van der Waals surface area contributed by atoms with Crippen molar-refractivity contribution in [3.63, 3.8) is 0 Å². The Labute approximate surface area is 107 Å². The number of hydrogen-bond donors (Lipinski definition) is 3. The third-order valence-electron chi connectivity index (χ3n) is 2.45. The molecule has 1 aromatic carbocycles. The Kier molecular flexibility index (Phi) is 4.67. The molecule has 0 amide bonds. The summed E-state index contributed by atoms with van der Waals surface area (Å²) in [4.78, 5) is 30.9. The number of nitro groups is 1. The molecule has 0 aliphatic carbocycles. The van der Waals surface area contributed by atoms with Gasteiger partial charge in [0.05, 0.1) is 23.0 Å². The van der Waals surface area contributed by atoms with Crippen molar-refractivity contribution in [2.75, 3.05) is 0 Å². The standard InChI is InChI=1S/C11H11NO7/c13-5-6-1-2-7(8(3-6)12(18)19)11(17)9(14)4-10(15)16/h1-3,5,9,11,14,17H,4H2,(H,15,16). The molecule has 2 atom stereocenters. The quantitative estimate of drug-likeness (QED) is 0.383. The second kappa shape index (κ2) is 6.03. The van der Waals surface area contributed by atoms with E-state index < -0.39 is 35.2 Å². The van der Waals surface area contributed by atoms with Crippen LogP contribution in [0.1, 0.15) is 28.4 Å². The molecule has 0 saturated heterocycles. The fraction of sp³-hybridized carbons (Fsp3) is 0.273.